The second kappa shape index (κ2) is 23.5. The van der Waals surface area contributed by atoms with Crippen LogP contribution in [-0.2, 0) is 0 Å². The van der Waals surface area contributed by atoms with Crippen LogP contribution in [0, 0.1) is 0 Å². The smallest absolute Gasteiger partial charge is 0.252 e. The number of aromatic nitrogens is 3. The molecule has 2 aliphatic heterocycles. The number of fused-ring (bicyclic) bond motifs is 13. The Morgan fingerprint density at radius 3 is 0.860 bits per heavy atom. The highest BCUT2D eigenvalue weighted by Crippen LogP contribution is 2.49. The molecular formula is C96H84BN3. The van der Waals surface area contributed by atoms with Gasteiger partial charge in [0.15, 0.2) is 0 Å². The van der Waals surface area contributed by atoms with Crippen LogP contribution in [0.2, 0.25) is 0 Å². The van der Waals surface area contributed by atoms with Gasteiger partial charge < -0.3 is 13.7 Å². The summed E-state index contributed by atoms with van der Waals surface area (Å²) in [6.07, 6.45) is 0. The van der Waals surface area contributed by atoms with Gasteiger partial charge in [-0.05, 0) is 225 Å². The lowest BCUT2D eigenvalue weighted by atomic mass is 9.34. The molecule has 0 saturated carbocycles. The van der Waals surface area contributed by atoms with Crippen LogP contribution < -0.4 is 16.4 Å². The molecule has 5 heterocycles. The molecule has 486 valence electrons. The van der Waals surface area contributed by atoms with E-state index in [1.54, 1.807) is 0 Å². The fraction of sp³-hybridized carbons (Fsp3) is 0.188. The number of benzene rings is 13. The monoisotopic (exact) mass is 1290 g/mol. The minimum absolute atomic E-state index is 0.129. The first-order valence-electron chi connectivity index (χ1n) is 36.7. The van der Waals surface area contributed by atoms with Gasteiger partial charge in [-0.1, -0.05) is 265 Å². The second-order valence-corrected chi connectivity index (χ2v) is 30.7. The average Bonchev–Trinajstić information content (AvgIpc) is 1.51. The Hall–Kier alpha value is -10.7. The van der Waals surface area contributed by atoms with Gasteiger partial charge in [-0.3, -0.25) is 0 Å². The molecule has 4 heteroatoms. The van der Waals surface area contributed by atoms with E-state index in [-0.39, 0.29) is 6.71 Å². The molecule has 100 heavy (non-hydrogen) atoms. The van der Waals surface area contributed by atoms with Crippen molar-refractivity contribution in [1.29, 1.82) is 0 Å². The average molecular weight is 1290 g/mol. The maximum Gasteiger partial charge on any atom is 0.252 e. The van der Waals surface area contributed by atoms with Gasteiger partial charge in [0.25, 0.3) is 6.71 Å². The van der Waals surface area contributed by atoms with Gasteiger partial charge in [-0.15, -0.1) is 0 Å². The first kappa shape index (κ1) is 61.6. The molecule has 0 radical (unpaired) electrons. The van der Waals surface area contributed by atoms with E-state index < -0.39 is 0 Å². The summed E-state index contributed by atoms with van der Waals surface area (Å²) in [5.74, 6) is 2.16. The number of nitrogens with zero attached hydrogens (tertiary/aromatic N) is 3. The summed E-state index contributed by atoms with van der Waals surface area (Å²) in [7, 11) is 0. The lowest BCUT2D eigenvalue weighted by Crippen LogP contribution is -2.59. The largest absolute Gasteiger partial charge is 0.310 e. The predicted molar refractivity (Wildman–Crippen MR) is 431 cm³/mol. The van der Waals surface area contributed by atoms with Crippen molar-refractivity contribution < 1.29 is 0 Å². The second-order valence-electron chi connectivity index (χ2n) is 30.7. The van der Waals surface area contributed by atoms with Crippen molar-refractivity contribution in [3.8, 4) is 83.8 Å². The van der Waals surface area contributed by atoms with Gasteiger partial charge in [0.1, 0.15) is 0 Å². The fourth-order valence-electron chi connectivity index (χ4n) is 17.6. The highest BCUT2D eigenvalue weighted by Gasteiger charge is 2.42. The van der Waals surface area contributed by atoms with Crippen LogP contribution in [0.25, 0.3) is 149 Å². The number of rotatable bonds is 13. The Bertz CT molecular complexity index is 5590. The lowest BCUT2D eigenvalue weighted by molar-refractivity contribution is 0.807. The van der Waals surface area contributed by atoms with E-state index in [1.165, 1.54) is 193 Å². The first-order chi connectivity index (χ1) is 48.6. The fourth-order valence-corrected chi connectivity index (χ4v) is 17.6. The van der Waals surface area contributed by atoms with Crippen LogP contribution in [0.3, 0.4) is 0 Å². The van der Waals surface area contributed by atoms with E-state index >= 15 is 0 Å². The molecule has 3 aromatic heterocycles. The van der Waals surface area contributed by atoms with Crippen LogP contribution in [0.1, 0.15) is 152 Å². The Kier molecular flexibility index (Phi) is 14.5. The van der Waals surface area contributed by atoms with Crippen molar-refractivity contribution in [3.05, 3.63) is 288 Å². The van der Waals surface area contributed by atoms with Crippen molar-refractivity contribution in [2.24, 2.45) is 0 Å². The third-order valence-electron chi connectivity index (χ3n) is 22.6. The van der Waals surface area contributed by atoms with E-state index in [2.05, 4.69) is 352 Å². The van der Waals surface area contributed by atoms with Crippen LogP contribution in [-0.4, -0.2) is 20.4 Å². The molecule has 3 nitrogen and oxygen atoms in total. The lowest BCUT2D eigenvalue weighted by Gasteiger charge is -2.35. The molecule has 2 aliphatic rings. The topological polar surface area (TPSA) is 14.8 Å². The molecule has 16 aromatic rings. The van der Waals surface area contributed by atoms with E-state index in [0.29, 0.717) is 35.5 Å². The molecular weight excluding hydrogens is 1210 g/mol. The van der Waals surface area contributed by atoms with Gasteiger partial charge in [-0.25, -0.2) is 0 Å². The zero-order valence-corrected chi connectivity index (χ0v) is 59.6. The molecule has 13 aromatic carbocycles. The summed E-state index contributed by atoms with van der Waals surface area (Å²) in [5.41, 5.74) is 38.4. The molecule has 0 fully saturated rings. The Labute approximate surface area is 589 Å². The standard InChI is InChI=1S/C96H84BN3/c1-55(2)69-45-74(57(5)6)92(75(46-69)58(7)8)67-35-39-86-78(43-67)79-44-68(93-76(59(9)10)47-70(56(3)4)48-77(93)60(11)12)36-40-87(79)98(86)73-53-90-94-91(54-73)100-89-38-34-66(62-27-19-14-20-28-62)42-81(89)83-50-72(64-31-23-16-24-32-64)52-85(96(83)100)97(94)84-51-71(63-29-21-15-22-30-63)49-82-80-41-65(61-25-17-13-18-26-61)33-37-88(80)99(90)95(82)84/h13-60H,1-12H3. The molecule has 0 atom stereocenters. The molecule has 0 saturated heterocycles. The van der Waals surface area contributed by atoms with Gasteiger partial charge in [0.05, 0.1) is 27.8 Å². The molecule has 0 bridgehead atoms. The van der Waals surface area contributed by atoms with Gasteiger partial charge in [0.2, 0.25) is 0 Å². The van der Waals surface area contributed by atoms with Crippen molar-refractivity contribution in [2.45, 2.75) is 119 Å². The molecule has 0 amide bonds. The number of hydrogen-bond donors (Lipinski definition) is 0. The van der Waals surface area contributed by atoms with E-state index in [0.717, 1.165) is 5.69 Å². The molecule has 0 aliphatic carbocycles. The minimum Gasteiger partial charge on any atom is -0.310 e. The normalized spacial score (nSPS) is 12.7. The zero-order chi connectivity index (χ0) is 68.3. The molecule has 18 rings (SSSR count). The third kappa shape index (κ3) is 9.53. The Balaban J connectivity index is 0.999. The van der Waals surface area contributed by atoms with Gasteiger partial charge in [-0.2, -0.15) is 0 Å². The minimum atomic E-state index is -0.129. The maximum absolute atomic E-state index is 2.68. The first-order valence-corrected chi connectivity index (χ1v) is 36.7. The van der Waals surface area contributed by atoms with Crippen LogP contribution in [0.5, 0.6) is 0 Å². The van der Waals surface area contributed by atoms with Crippen molar-refractivity contribution >= 4 is 88.5 Å². The number of hydrogen-bond acceptors (Lipinski definition) is 0. The van der Waals surface area contributed by atoms with Crippen molar-refractivity contribution in [1.82, 2.24) is 13.7 Å². The van der Waals surface area contributed by atoms with E-state index in [9.17, 15) is 0 Å². The van der Waals surface area contributed by atoms with Crippen LogP contribution >= 0.6 is 0 Å². The molecule has 0 spiro atoms. The quantitative estimate of drug-likeness (QED) is 0.102. The summed E-state index contributed by atoms with van der Waals surface area (Å²) in [5, 5.41) is 7.54. The summed E-state index contributed by atoms with van der Waals surface area (Å²) in [6.45, 7) is 28.3. The summed E-state index contributed by atoms with van der Waals surface area (Å²) < 4.78 is 8.00. The summed E-state index contributed by atoms with van der Waals surface area (Å²) in [4.78, 5) is 0. The van der Waals surface area contributed by atoms with Gasteiger partial charge in [0, 0.05) is 54.7 Å². The van der Waals surface area contributed by atoms with Crippen molar-refractivity contribution in [3.63, 3.8) is 0 Å². The van der Waals surface area contributed by atoms with E-state index in [4.69, 9.17) is 0 Å². The molecule has 0 unspecified atom stereocenters. The van der Waals surface area contributed by atoms with E-state index in [1.807, 2.05) is 0 Å². The van der Waals surface area contributed by atoms with Crippen molar-refractivity contribution in [2.75, 3.05) is 0 Å². The SMILES string of the molecule is CC(C)c1cc(C(C)C)c(-c2ccc3c(c2)c2cc(-c4c(C(C)C)cc(C(C)C)cc4C(C)C)ccc2n3-c2cc3c4c(c2)-n2c5ccc(-c6ccccc6)cc5c5cc(-c6ccccc6)cc(c52)B4c2cc(-c4ccccc4)cc4c5cc(-c6ccccc6)ccc5n-3c24)c(C(C)C)c1. The predicted octanol–water partition coefficient (Wildman–Crippen LogP) is 24.9. The van der Waals surface area contributed by atoms with Crippen LogP contribution in [0.4, 0.5) is 0 Å². The zero-order valence-electron chi connectivity index (χ0n) is 59.6. The highest BCUT2D eigenvalue weighted by atomic mass is 15.1. The Morgan fingerprint density at radius 1 is 0.240 bits per heavy atom. The van der Waals surface area contributed by atoms with Gasteiger partial charge >= 0.3 is 0 Å². The van der Waals surface area contributed by atoms with Crippen LogP contribution in [0.15, 0.2) is 255 Å². The highest BCUT2D eigenvalue weighted by molar-refractivity contribution is 7.00. The molecule has 0 N–H and O–H groups in total. The Morgan fingerprint density at radius 2 is 0.530 bits per heavy atom. The third-order valence-corrected chi connectivity index (χ3v) is 22.6. The maximum atomic E-state index is 2.68. The summed E-state index contributed by atoms with van der Waals surface area (Å²) >= 11 is 0. The summed E-state index contributed by atoms with van der Waals surface area (Å²) in [6, 6.07) is 99.0.